The van der Waals surface area contributed by atoms with Crippen LogP contribution in [0, 0.1) is 6.92 Å². The highest BCUT2D eigenvalue weighted by Gasteiger charge is 2.13. The summed E-state index contributed by atoms with van der Waals surface area (Å²) < 4.78 is 0. The van der Waals surface area contributed by atoms with E-state index < -0.39 is 0 Å². The molecule has 1 nitrogen and oxygen atoms in total. The van der Waals surface area contributed by atoms with Crippen molar-refractivity contribution in [2.75, 3.05) is 0 Å². The van der Waals surface area contributed by atoms with Gasteiger partial charge in [0.05, 0.1) is 11.4 Å². The fraction of sp³-hybridized carbons (Fsp3) is 0.0417. The van der Waals surface area contributed by atoms with Gasteiger partial charge in [0, 0.05) is 16.1 Å². The molecule has 0 fully saturated rings. The van der Waals surface area contributed by atoms with Crippen LogP contribution >= 0.6 is 11.6 Å². The molecule has 4 aromatic rings. The number of benzene rings is 3. The van der Waals surface area contributed by atoms with Crippen LogP contribution in [0.5, 0.6) is 0 Å². The van der Waals surface area contributed by atoms with Gasteiger partial charge in [0.2, 0.25) is 0 Å². The zero-order valence-electron chi connectivity index (χ0n) is 14.5. The topological polar surface area (TPSA) is 12.9 Å². The Bertz CT molecular complexity index is 1020. The Morgan fingerprint density at radius 1 is 0.654 bits per heavy atom. The zero-order chi connectivity index (χ0) is 17.9. The predicted molar refractivity (Wildman–Crippen MR) is 110 cm³/mol. The third-order valence-electron chi connectivity index (χ3n) is 4.54. The van der Waals surface area contributed by atoms with E-state index in [-0.39, 0.29) is 0 Å². The van der Waals surface area contributed by atoms with E-state index in [0.717, 1.165) is 33.1 Å². The van der Waals surface area contributed by atoms with Crippen LogP contribution in [0.2, 0.25) is 5.02 Å². The van der Waals surface area contributed by atoms with Crippen molar-refractivity contribution in [2.24, 2.45) is 0 Å². The second-order valence-electron chi connectivity index (χ2n) is 6.27. The van der Waals surface area contributed by atoms with Gasteiger partial charge in [-0.1, -0.05) is 84.4 Å². The van der Waals surface area contributed by atoms with Crippen LogP contribution in [-0.2, 0) is 0 Å². The lowest BCUT2D eigenvalue weighted by Crippen LogP contribution is -1.96. The van der Waals surface area contributed by atoms with Crippen LogP contribution in [0.25, 0.3) is 33.6 Å². The molecule has 1 aromatic heterocycles. The van der Waals surface area contributed by atoms with Gasteiger partial charge < -0.3 is 0 Å². The number of nitrogens with zero attached hydrogens (tertiary/aromatic N) is 1. The average Bonchev–Trinajstić information content (AvgIpc) is 2.70. The van der Waals surface area contributed by atoms with E-state index >= 15 is 0 Å². The SMILES string of the molecule is Cc1c(-c2ccc(Cl)cc2)cc(-c2ccccc2)nc1-c1ccccc1. The summed E-state index contributed by atoms with van der Waals surface area (Å²) >= 11 is 6.08. The molecule has 0 aliphatic rings. The van der Waals surface area contributed by atoms with Crippen LogP contribution in [0.15, 0.2) is 91.0 Å². The lowest BCUT2D eigenvalue weighted by atomic mass is 9.95. The first-order chi connectivity index (χ1) is 12.7. The van der Waals surface area contributed by atoms with Crippen LogP contribution in [-0.4, -0.2) is 4.98 Å². The van der Waals surface area contributed by atoms with Gasteiger partial charge in [0.15, 0.2) is 0 Å². The molecule has 0 radical (unpaired) electrons. The molecule has 3 aromatic carbocycles. The lowest BCUT2D eigenvalue weighted by molar-refractivity contribution is 1.27. The van der Waals surface area contributed by atoms with Gasteiger partial charge in [-0.3, -0.25) is 0 Å². The molecule has 0 N–H and O–H groups in total. The van der Waals surface area contributed by atoms with Gasteiger partial charge in [-0.05, 0) is 41.8 Å². The largest absolute Gasteiger partial charge is 0.247 e. The fourth-order valence-electron chi connectivity index (χ4n) is 3.17. The lowest BCUT2D eigenvalue weighted by Gasteiger charge is -2.15. The van der Waals surface area contributed by atoms with Gasteiger partial charge in [0.25, 0.3) is 0 Å². The highest BCUT2D eigenvalue weighted by Crippen LogP contribution is 2.34. The quantitative estimate of drug-likeness (QED) is 0.384. The number of hydrogen-bond acceptors (Lipinski definition) is 1. The van der Waals surface area contributed by atoms with Crippen molar-refractivity contribution in [3.05, 3.63) is 102 Å². The summed E-state index contributed by atoms with van der Waals surface area (Å²) in [7, 11) is 0. The Kier molecular flexibility index (Phi) is 4.55. The normalized spacial score (nSPS) is 10.7. The van der Waals surface area contributed by atoms with Crippen LogP contribution in [0.3, 0.4) is 0 Å². The van der Waals surface area contributed by atoms with E-state index in [4.69, 9.17) is 16.6 Å². The maximum atomic E-state index is 6.08. The molecule has 0 saturated heterocycles. The van der Waals surface area contributed by atoms with Crippen molar-refractivity contribution in [2.45, 2.75) is 6.92 Å². The molecular formula is C24H18ClN. The standard InChI is InChI=1S/C24H18ClN/c1-17-22(18-12-14-21(25)15-13-18)16-23(19-8-4-2-5-9-19)26-24(17)20-10-6-3-7-11-20/h2-16H,1H3. The zero-order valence-corrected chi connectivity index (χ0v) is 15.2. The van der Waals surface area contributed by atoms with Crippen LogP contribution < -0.4 is 0 Å². The average molecular weight is 356 g/mol. The first-order valence-electron chi connectivity index (χ1n) is 8.61. The summed E-state index contributed by atoms with van der Waals surface area (Å²) in [5.41, 5.74) is 7.70. The Morgan fingerprint density at radius 2 is 1.23 bits per heavy atom. The highest BCUT2D eigenvalue weighted by molar-refractivity contribution is 6.30. The van der Waals surface area contributed by atoms with E-state index in [1.54, 1.807) is 0 Å². The van der Waals surface area contributed by atoms with Crippen molar-refractivity contribution in [3.63, 3.8) is 0 Å². The molecule has 1 heterocycles. The third-order valence-corrected chi connectivity index (χ3v) is 4.80. The second-order valence-corrected chi connectivity index (χ2v) is 6.70. The molecule has 0 aliphatic heterocycles. The van der Waals surface area contributed by atoms with Gasteiger partial charge in [0.1, 0.15) is 0 Å². The Balaban J connectivity index is 1.97. The summed E-state index contributed by atoms with van der Waals surface area (Å²) in [6, 6.07) is 30.8. The van der Waals surface area contributed by atoms with Crippen LogP contribution in [0.4, 0.5) is 0 Å². The monoisotopic (exact) mass is 355 g/mol. The molecular weight excluding hydrogens is 338 g/mol. The molecule has 2 heteroatoms. The first-order valence-corrected chi connectivity index (χ1v) is 8.98. The van der Waals surface area contributed by atoms with Gasteiger partial charge in [-0.2, -0.15) is 0 Å². The summed E-state index contributed by atoms with van der Waals surface area (Å²) in [6.07, 6.45) is 0. The van der Waals surface area contributed by atoms with Crippen LogP contribution in [0.1, 0.15) is 5.56 Å². The molecule has 0 aliphatic carbocycles. The van der Waals surface area contributed by atoms with Gasteiger partial charge in [-0.25, -0.2) is 4.98 Å². The fourth-order valence-corrected chi connectivity index (χ4v) is 3.30. The third kappa shape index (κ3) is 3.26. The predicted octanol–water partition coefficient (Wildman–Crippen LogP) is 7.04. The Hall–Kier alpha value is -2.90. The molecule has 0 saturated carbocycles. The minimum Gasteiger partial charge on any atom is -0.247 e. The van der Waals surface area contributed by atoms with E-state index in [2.05, 4.69) is 49.4 Å². The Morgan fingerprint density at radius 3 is 1.85 bits per heavy atom. The van der Waals surface area contributed by atoms with E-state index in [1.165, 1.54) is 11.1 Å². The van der Waals surface area contributed by atoms with Gasteiger partial charge >= 0.3 is 0 Å². The van der Waals surface area contributed by atoms with E-state index in [1.807, 2.05) is 48.5 Å². The number of rotatable bonds is 3. The summed E-state index contributed by atoms with van der Waals surface area (Å²) in [6.45, 7) is 2.13. The highest BCUT2D eigenvalue weighted by atomic mass is 35.5. The van der Waals surface area contributed by atoms with Crippen molar-refractivity contribution in [3.8, 4) is 33.6 Å². The minimum absolute atomic E-state index is 0.743. The van der Waals surface area contributed by atoms with Crippen molar-refractivity contribution in [1.29, 1.82) is 0 Å². The smallest absolute Gasteiger partial charge is 0.0744 e. The maximum Gasteiger partial charge on any atom is 0.0744 e. The molecule has 0 spiro atoms. The van der Waals surface area contributed by atoms with E-state index in [9.17, 15) is 0 Å². The summed E-state index contributed by atoms with van der Waals surface area (Å²) in [5, 5.41) is 0.743. The van der Waals surface area contributed by atoms with Crippen molar-refractivity contribution < 1.29 is 0 Å². The van der Waals surface area contributed by atoms with Crippen molar-refractivity contribution >= 4 is 11.6 Å². The first kappa shape index (κ1) is 16.6. The number of aromatic nitrogens is 1. The maximum absolute atomic E-state index is 6.08. The second kappa shape index (κ2) is 7.15. The minimum atomic E-state index is 0.743. The molecule has 26 heavy (non-hydrogen) atoms. The Labute approximate surface area is 158 Å². The molecule has 0 amide bonds. The number of hydrogen-bond donors (Lipinski definition) is 0. The summed E-state index contributed by atoms with van der Waals surface area (Å²) in [5.74, 6) is 0. The number of halogens is 1. The molecule has 4 rings (SSSR count). The summed E-state index contributed by atoms with van der Waals surface area (Å²) in [4.78, 5) is 4.99. The number of pyridine rings is 1. The van der Waals surface area contributed by atoms with Crippen molar-refractivity contribution in [1.82, 2.24) is 4.98 Å². The molecule has 0 atom stereocenters. The molecule has 126 valence electrons. The van der Waals surface area contributed by atoms with Gasteiger partial charge in [-0.15, -0.1) is 0 Å². The van der Waals surface area contributed by atoms with E-state index in [0.29, 0.717) is 0 Å². The molecule has 0 unspecified atom stereocenters. The molecule has 0 bridgehead atoms.